The molecule has 112 valence electrons. The van der Waals surface area contributed by atoms with Gasteiger partial charge in [0, 0.05) is 6.04 Å². The molecule has 0 saturated heterocycles. The summed E-state index contributed by atoms with van der Waals surface area (Å²) in [7, 11) is 1.67. The molecule has 0 aliphatic heterocycles. The van der Waals surface area contributed by atoms with Crippen LogP contribution in [0.25, 0.3) is 0 Å². The van der Waals surface area contributed by atoms with Crippen LogP contribution in [0.2, 0.25) is 0 Å². The van der Waals surface area contributed by atoms with Crippen molar-refractivity contribution in [2.24, 2.45) is 0 Å². The van der Waals surface area contributed by atoms with Crippen LogP contribution in [-0.4, -0.2) is 13.7 Å². The normalized spacial score (nSPS) is 12.2. The number of hydrogen-bond donors (Lipinski definition) is 1. The van der Waals surface area contributed by atoms with E-state index in [1.54, 1.807) is 13.2 Å². The van der Waals surface area contributed by atoms with Crippen LogP contribution < -0.4 is 10.1 Å². The van der Waals surface area contributed by atoms with Crippen molar-refractivity contribution in [1.29, 1.82) is 0 Å². The Morgan fingerprint density at radius 2 is 2.00 bits per heavy atom. The molecule has 2 aromatic rings. The summed E-state index contributed by atoms with van der Waals surface area (Å²) >= 11 is 0. The minimum atomic E-state index is -0.183. The lowest BCUT2D eigenvalue weighted by atomic mass is 9.96. The van der Waals surface area contributed by atoms with Crippen molar-refractivity contribution in [3.63, 3.8) is 0 Å². The maximum absolute atomic E-state index is 13.2. The van der Waals surface area contributed by atoms with E-state index < -0.39 is 0 Å². The Morgan fingerprint density at radius 3 is 2.67 bits per heavy atom. The summed E-state index contributed by atoms with van der Waals surface area (Å²) in [4.78, 5) is 0. The lowest BCUT2D eigenvalue weighted by Crippen LogP contribution is -2.23. The van der Waals surface area contributed by atoms with Crippen molar-refractivity contribution < 1.29 is 9.13 Å². The highest BCUT2D eigenvalue weighted by atomic mass is 19.1. The van der Waals surface area contributed by atoms with Crippen molar-refractivity contribution in [2.75, 3.05) is 13.7 Å². The minimum absolute atomic E-state index is 0.183. The molecule has 0 bridgehead atoms. The van der Waals surface area contributed by atoms with E-state index in [2.05, 4.69) is 18.3 Å². The molecule has 3 heteroatoms. The minimum Gasteiger partial charge on any atom is -0.497 e. The molecule has 1 unspecified atom stereocenters. The molecule has 2 rings (SSSR count). The number of nitrogens with one attached hydrogen (secondary N) is 1. The van der Waals surface area contributed by atoms with Gasteiger partial charge in [-0.05, 0) is 60.8 Å². The average Bonchev–Trinajstić information content (AvgIpc) is 2.49. The summed E-state index contributed by atoms with van der Waals surface area (Å²) in [6.07, 6.45) is 0.827. The standard InChI is InChI=1S/C18H22FNO/c1-4-20-18(15-6-5-7-17(11-15)21-3)12-14-8-9-16(19)10-13(14)2/h5-11,18,20H,4,12H2,1-3H3. The van der Waals surface area contributed by atoms with E-state index >= 15 is 0 Å². The summed E-state index contributed by atoms with van der Waals surface area (Å²) in [6, 6.07) is 13.2. The molecule has 0 fully saturated rings. The molecule has 1 N–H and O–H groups in total. The summed E-state index contributed by atoms with van der Waals surface area (Å²) in [6.45, 7) is 4.92. The van der Waals surface area contributed by atoms with E-state index in [1.807, 2.05) is 31.2 Å². The van der Waals surface area contributed by atoms with E-state index in [0.29, 0.717) is 0 Å². The molecular weight excluding hydrogens is 265 g/mol. The molecular formula is C18H22FNO. The second-order valence-corrected chi connectivity index (χ2v) is 5.16. The molecule has 21 heavy (non-hydrogen) atoms. The molecule has 0 radical (unpaired) electrons. The fourth-order valence-electron chi connectivity index (χ4n) is 2.52. The Morgan fingerprint density at radius 1 is 1.19 bits per heavy atom. The van der Waals surface area contributed by atoms with Gasteiger partial charge in [-0.15, -0.1) is 0 Å². The fourth-order valence-corrected chi connectivity index (χ4v) is 2.52. The van der Waals surface area contributed by atoms with Crippen LogP contribution in [-0.2, 0) is 6.42 Å². The molecule has 0 aliphatic carbocycles. The van der Waals surface area contributed by atoms with Crippen LogP contribution in [0.4, 0.5) is 4.39 Å². The Kier molecular flexibility index (Phi) is 5.34. The van der Waals surface area contributed by atoms with Crippen LogP contribution in [0.5, 0.6) is 5.75 Å². The molecule has 0 aromatic heterocycles. The van der Waals surface area contributed by atoms with Crippen molar-refractivity contribution in [3.05, 3.63) is 65.0 Å². The van der Waals surface area contributed by atoms with E-state index in [9.17, 15) is 4.39 Å². The first kappa shape index (κ1) is 15.5. The maximum atomic E-state index is 13.2. The van der Waals surface area contributed by atoms with Gasteiger partial charge in [-0.25, -0.2) is 4.39 Å². The molecule has 0 saturated carbocycles. The zero-order valence-corrected chi connectivity index (χ0v) is 12.8. The highest BCUT2D eigenvalue weighted by molar-refractivity contribution is 5.33. The second-order valence-electron chi connectivity index (χ2n) is 5.16. The van der Waals surface area contributed by atoms with Crippen molar-refractivity contribution >= 4 is 0 Å². The Balaban J connectivity index is 2.25. The highest BCUT2D eigenvalue weighted by Gasteiger charge is 2.13. The molecule has 0 aliphatic rings. The first-order valence-corrected chi connectivity index (χ1v) is 7.26. The molecule has 0 heterocycles. The summed E-state index contributed by atoms with van der Waals surface area (Å²) < 4.78 is 18.5. The first-order valence-electron chi connectivity index (χ1n) is 7.26. The van der Waals surface area contributed by atoms with E-state index in [-0.39, 0.29) is 11.9 Å². The van der Waals surface area contributed by atoms with Gasteiger partial charge in [0.15, 0.2) is 0 Å². The lowest BCUT2D eigenvalue weighted by molar-refractivity contribution is 0.413. The van der Waals surface area contributed by atoms with Crippen LogP contribution in [0, 0.1) is 12.7 Å². The molecule has 2 aromatic carbocycles. The van der Waals surface area contributed by atoms with E-state index in [1.165, 1.54) is 11.6 Å². The van der Waals surface area contributed by atoms with Gasteiger partial charge >= 0.3 is 0 Å². The van der Waals surface area contributed by atoms with Crippen LogP contribution in [0.1, 0.15) is 29.7 Å². The van der Waals surface area contributed by atoms with Crippen LogP contribution in [0.3, 0.4) is 0 Å². The molecule has 1 atom stereocenters. The number of benzene rings is 2. The number of aryl methyl sites for hydroxylation is 1. The quantitative estimate of drug-likeness (QED) is 0.866. The van der Waals surface area contributed by atoms with Gasteiger partial charge in [0.05, 0.1) is 7.11 Å². The van der Waals surface area contributed by atoms with Crippen molar-refractivity contribution in [3.8, 4) is 5.75 Å². The smallest absolute Gasteiger partial charge is 0.123 e. The van der Waals surface area contributed by atoms with Crippen LogP contribution in [0.15, 0.2) is 42.5 Å². The number of rotatable bonds is 6. The van der Waals surface area contributed by atoms with E-state index in [4.69, 9.17) is 4.74 Å². The maximum Gasteiger partial charge on any atom is 0.123 e. The zero-order chi connectivity index (χ0) is 15.2. The molecule has 0 amide bonds. The Labute approximate surface area is 126 Å². The number of halogens is 1. The van der Waals surface area contributed by atoms with Crippen molar-refractivity contribution in [1.82, 2.24) is 5.32 Å². The lowest BCUT2D eigenvalue weighted by Gasteiger charge is -2.20. The third kappa shape index (κ3) is 4.05. The SMILES string of the molecule is CCNC(Cc1ccc(F)cc1C)c1cccc(OC)c1. The Bertz CT molecular complexity index is 598. The molecule has 0 spiro atoms. The first-order chi connectivity index (χ1) is 10.1. The predicted molar refractivity (Wildman–Crippen MR) is 84.3 cm³/mol. The number of ether oxygens (including phenoxy) is 1. The van der Waals surface area contributed by atoms with Crippen molar-refractivity contribution in [2.45, 2.75) is 26.3 Å². The second kappa shape index (κ2) is 7.23. The topological polar surface area (TPSA) is 21.3 Å². The fraction of sp³-hybridized carbons (Fsp3) is 0.333. The number of hydrogen-bond acceptors (Lipinski definition) is 2. The van der Waals surface area contributed by atoms with Gasteiger partial charge in [0.2, 0.25) is 0 Å². The third-order valence-electron chi connectivity index (χ3n) is 3.68. The Hall–Kier alpha value is -1.87. The number of methoxy groups -OCH3 is 1. The van der Waals surface area contributed by atoms with Gasteiger partial charge in [-0.2, -0.15) is 0 Å². The van der Waals surface area contributed by atoms with Gasteiger partial charge in [0.1, 0.15) is 11.6 Å². The third-order valence-corrected chi connectivity index (χ3v) is 3.68. The van der Waals surface area contributed by atoms with Gasteiger partial charge in [0.25, 0.3) is 0 Å². The van der Waals surface area contributed by atoms with Gasteiger partial charge in [-0.1, -0.05) is 25.1 Å². The van der Waals surface area contributed by atoms with Gasteiger partial charge in [-0.3, -0.25) is 0 Å². The van der Waals surface area contributed by atoms with E-state index in [0.717, 1.165) is 29.8 Å². The molecule has 2 nitrogen and oxygen atoms in total. The summed E-state index contributed by atoms with van der Waals surface area (Å²) in [5, 5.41) is 3.49. The van der Waals surface area contributed by atoms with Gasteiger partial charge < -0.3 is 10.1 Å². The highest BCUT2D eigenvalue weighted by Crippen LogP contribution is 2.24. The summed E-state index contributed by atoms with van der Waals surface area (Å²) in [5.41, 5.74) is 3.32. The average molecular weight is 287 g/mol. The predicted octanol–water partition coefficient (Wildman–Crippen LogP) is 4.04. The zero-order valence-electron chi connectivity index (χ0n) is 12.8. The monoisotopic (exact) mass is 287 g/mol. The largest absolute Gasteiger partial charge is 0.497 e. The van der Waals surface area contributed by atoms with Crippen LogP contribution >= 0.6 is 0 Å². The number of likely N-dealkylation sites (N-methyl/N-ethyl adjacent to an activating group) is 1. The summed E-state index contributed by atoms with van der Waals surface area (Å²) in [5.74, 6) is 0.670.